The van der Waals surface area contributed by atoms with Crippen LogP contribution in [0.5, 0.6) is 0 Å². The first-order valence-corrected chi connectivity index (χ1v) is 6.08. The number of nitrogens with zero attached hydrogens (tertiary/aromatic N) is 3. The molecule has 0 amide bonds. The lowest BCUT2D eigenvalue weighted by Gasteiger charge is -2.18. The zero-order valence-corrected chi connectivity index (χ0v) is 10.5. The molecular weight excluding hydrogens is 216 g/mol. The van der Waals surface area contributed by atoms with E-state index in [1.165, 1.54) is 12.8 Å². The second-order valence-corrected chi connectivity index (χ2v) is 4.45. The zero-order chi connectivity index (χ0) is 12.1. The van der Waals surface area contributed by atoms with Gasteiger partial charge in [-0.1, -0.05) is 0 Å². The van der Waals surface area contributed by atoms with Gasteiger partial charge in [0.25, 0.3) is 0 Å². The van der Waals surface area contributed by atoms with Gasteiger partial charge in [0, 0.05) is 33.3 Å². The summed E-state index contributed by atoms with van der Waals surface area (Å²) in [5.41, 5.74) is 0. The van der Waals surface area contributed by atoms with Gasteiger partial charge in [-0.2, -0.15) is 0 Å². The third kappa shape index (κ3) is 3.85. The lowest BCUT2D eigenvalue weighted by atomic mass is 10.4. The van der Waals surface area contributed by atoms with Crippen LogP contribution in [0.2, 0.25) is 0 Å². The predicted molar refractivity (Wildman–Crippen MR) is 68.4 cm³/mol. The van der Waals surface area contributed by atoms with Crippen molar-refractivity contribution >= 4 is 11.6 Å². The molecule has 0 saturated heterocycles. The van der Waals surface area contributed by atoms with Crippen LogP contribution < -0.4 is 10.2 Å². The summed E-state index contributed by atoms with van der Waals surface area (Å²) >= 11 is 0. The van der Waals surface area contributed by atoms with Gasteiger partial charge in [0.1, 0.15) is 18.0 Å². The summed E-state index contributed by atoms with van der Waals surface area (Å²) in [6.07, 6.45) is 4.25. The third-order valence-electron chi connectivity index (χ3n) is 2.92. The molecule has 1 fully saturated rings. The van der Waals surface area contributed by atoms with E-state index in [1.807, 2.05) is 20.2 Å². The van der Waals surface area contributed by atoms with E-state index in [1.54, 1.807) is 6.33 Å². The summed E-state index contributed by atoms with van der Waals surface area (Å²) < 4.78 is 5.61. The Morgan fingerprint density at radius 2 is 2.29 bits per heavy atom. The van der Waals surface area contributed by atoms with E-state index in [4.69, 9.17) is 4.74 Å². The molecule has 2 rings (SSSR count). The minimum atomic E-state index is 0.756. The quantitative estimate of drug-likeness (QED) is 0.725. The highest BCUT2D eigenvalue weighted by molar-refractivity contribution is 5.47. The van der Waals surface area contributed by atoms with Crippen LogP contribution >= 0.6 is 0 Å². The van der Waals surface area contributed by atoms with Crippen molar-refractivity contribution in [1.82, 2.24) is 9.97 Å². The van der Waals surface area contributed by atoms with Gasteiger partial charge in [-0.15, -0.1) is 0 Å². The van der Waals surface area contributed by atoms with Crippen LogP contribution in [0, 0.1) is 5.92 Å². The Hall–Kier alpha value is -1.36. The number of likely N-dealkylation sites (N-methyl/N-ethyl adjacent to an activating group) is 1. The SMILES string of the molecule is CNc1cc(N(C)CCOCC2CC2)ncn1. The molecule has 1 saturated carbocycles. The van der Waals surface area contributed by atoms with E-state index < -0.39 is 0 Å². The molecule has 0 radical (unpaired) electrons. The molecule has 5 nitrogen and oxygen atoms in total. The van der Waals surface area contributed by atoms with Crippen LogP contribution in [0.15, 0.2) is 12.4 Å². The summed E-state index contributed by atoms with van der Waals surface area (Å²) in [5.74, 6) is 2.58. The molecule has 1 N–H and O–H groups in total. The maximum absolute atomic E-state index is 5.61. The van der Waals surface area contributed by atoms with Crippen molar-refractivity contribution in [2.45, 2.75) is 12.8 Å². The number of aromatic nitrogens is 2. The molecule has 0 atom stereocenters. The van der Waals surface area contributed by atoms with Crippen molar-refractivity contribution in [3.8, 4) is 0 Å². The third-order valence-corrected chi connectivity index (χ3v) is 2.92. The van der Waals surface area contributed by atoms with Crippen LogP contribution in [-0.4, -0.2) is 43.8 Å². The zero-order valence-electron chi connectivity index (χ0n) is 10.5. The second-order valence-electron chi connectivity index (χ2n) is 4.45. The van der Waals surface area contributed by atoms with Crippen LogP contribution in [0.3, 0.4) is 0 Å². The molecule has 1 heterocycles. The number of hydrogen-bond donors (Lipinski definition) is 1. The molecular formula is C12H20N4O. The highest BCUT2D eigenvalue weighted by Gasteiger charge is 2.20. The van der Waals surface area contributed by atoms with Gasteiger partial charge in [0.2, 0.25) is 0 Å². The predicted octanol–water partition coefficient (Wildman–Crippen LogP) is 1.38. The fourth-order valence-electron chi connectivity index (χ4n) is 1.54. The molecule has 0 bridgehead atoms. The number of rotatable bonds is 7. The van der Waals surface area contributed by atoms with Crippen LogP contribution in [0.4, 0.5) is 11.6 Å². The molecule has 1 aromatic rings. The highest BCUT2D eigenvalue weighted by Crippen LogP contribution is 2.28. The Morgan fingerprint density at radius 3 is 3.00 bits per heavy atom. The number of ether oxygens (including phenoxy) is 1. The number of anilines is 2. The first-order valence-electron chi connectivity index (χ1n) is 6.08. The van der Waals surface area contributed by atoms with Crippen molar-refractivity contribution in [3.05, 3.63) is 12.4 Å². The summed E-state index contributed by atoms with van der Waals surface area (Å²) in [6.45, 7) is 2.53. The molecule has 1 aliphatic carbocycles. The second kappa shape index (κ2) is 5.82. The molecule has 0 aromatic carbocycles. The largest absolute Gasteiger partial charge is 0.379 e. The maximum atomic E-state index is 5.61. The standard InChI is InChI=1S/C12H20N4O/c1-13-11-7-12(15-9-14-11)16(2)5-6-17-8-10-3-4-10/h7,9-10H,3-6,8H2,1-2H3,(H,13,14,15). The lowest BCUT2D eigenvalue weighted by molar-refractivity contribution is 0.131. The van der Waals surface area contributed by atoms with Crippen LogP contribution in [0.25, 0.3) is 0 Å². The summed E-state index contributed by atoms with van der Waals surface area (Å²) in [6, 6.07) is 1.93. The Balaban J connectivity index is 1.74. The van der Waals surface area contributed by atoms with E-state index in [0.717, 1.165) is 37.3 Å². The Morgan fingerprint density at radius 1 is 1.47 bits per heavy atom. The smallest absolute Gasteiger partial charge is 0.133 e. The molecule has 0 unspecified atom stereocenters. The average Bonchev–Trinajstić information content (AvgIpc) is 3.18. The van der Waals surface area contributed by atoms with Gasteiger partial charge in [-0.25, -0.2) is 9.97 Å². The molecule has 0 spiro atoms. The van der Waals surface area contributed by atoms with E-state index in [-0.39, 0.29) is 0 Å². The van der Waals surface area contributed by atoms with Gasteiger partial charge in [0.15, 0.2) is 0 Å². The van der Waals surface area contributed by atoms with Gasteiger partial charge in [0.05, 0.1) is 6.61 Å². The van der Waals surface area contributed by atoms with E-state index in [9.17, 15) is 0 Å². The Bertz CT molecular complexity index is 354. The Kier molecular flexibility index (Phi) is 4.14. The molecule has 17 heavy (non-hydrogen) atoms. The minimum Gasteiger partial charge on any atom is -0.379 e. The highest BCUT2D eigenvalue weighted by atomic mass is 16.5. The fraction of sp³-hybridized carbons (Fsp3) is 0.667. The van der Waals surface area contributed by atoms with E-state index >= 15 is 0 Å². The lowest BCUT2D eigenvalue weighted by Crippen LogP contribution is -2.24. The molecule has 94 valence electrons. The van der Waals surface area contributed by atoms with Gasteiger partial charge < -0.3 is 15.0 Å². The first kappa shape index (κ1) is 12.1. The normalized spacial score (nSPS) is 14.7. The van der Waals surface area contributed by atoms with Crippen molar-refractivity contribution in [2.75, 3.05) is 44.1 Å². The molecule has 1 aromatic heterocycles. The van der Waals surface area contributed by atoms with Gasteiger partial charge >= 0.3 is 0 Å². The fourth-order valence-corrected chi connectivity index (χ4v) is 1.54. The summed E-state index contributed by atoms with van der Waals surface area (Å²) in [7, 11) is 3.87. The average molecular weight is 236 g/mol. The summed E-state index contributed by atoms with van der Waals surface area (Å²) in [5, 5.41) is 3.00. The van der Waals surface area contributed by atoms with Crippen molar-refractivity contribution in [2.24, 2.45) is 5.92 Å². The van der Waals surface area contributed by atoms with Crippen molar-refractivity contribution in [3.63, 3.8) is 0 Å². The van der Waals surface area contributed by atoms with Crippen LogP contribution in [-0.2, 0) is 4.74 Å². The molecule has 0 aliphatic heterocycles. The Labute approximate surface area is 102 Å². The first-order chi connectivity index (χ1) is 8.29. The van der Waals surface area contributed by atoms with Crippen molar-refractivity contribution in [1.29, 1.82) is 0 Å². The molecule has 5 heteroatoms. The van der Waals surface area contributed by atoms with Gasteiger partial charge in [-0.05, 0) is 18.8 Å². The van der Waals surface area contributed by atoms with Crippen LogP contribution in [0.1, 0.15) is 12.8 Å². The number of nitrogens with one attached hydrogen (secondary N) is 1. The van der Waals surface area contributed by atoms with Crippen molar-refractivity contribution < 1.29 is 4.74 Å². The minimum absolute atomic E-state index is 0.756. The van der Waals surface area contributed by atoms with Gasteiger partial charge in [-0.3, -0.25) is 0 Å². The summed E-state index contributed by atoms with van der Waals surface area (Å²) in [4.78, 5) is 10.4. The number of hydrogen-bond acceptors (Lipinski definition) is 5. The topological polar surface area (TPSA) is 50.3 Å². The van der Waals surface area contributed by atoms with E-state index in [0.29, 0.717) is 0 Å². The monoisotopic (exact) mass is 236 g/mol. The van der Waals surface area contributed by atoms with E-state index in [2.05, 4.69) is 20.2 Å². The molecule has 1 aliphatic rings. The maximum Gasteiger partial charge on any atom is 0.133 e.